The van der Waals surface area contributed by atoms with Crippen LogP contribution >= 0.6 is 0 Å². The molecule has 0 aromatic carbocycles. The van der Waals surface area contributed by atoms with Gasteiger partial charge in [0.25, 0.3) is 5.92 Å². The van der Waals surface area contributed by atoms with Gasteiger partial charge in [-0.3, -0.25) is 4.90 Å². The van der Waals surface area contributed by atoms with Crippen LogP contribution in [0, 0.1) is 5.41 Å². The maximum atomic E-state index is 13.4. The van der Waals surface area contributed by atoms with Crippen molar-refractivity contribution in [2.24, 2.45) is 5.41 Å². The fourth-order valence-corrected chi connectivity index (χ4v) is 2.69. The number of carbonyl (C=O) groups excluding carboxylic acids is 1. The van der Waals surface area contributed by atoms with Crippen LogP contribution in [0.2, 0.25) is 0 Å². The van der Waals surface area contributed by atoms with Crippen molar-refractivity contribution in [1.29, 1.82) is 0 Å². The highest BCUT2D eigenvalue weighted by Gasteiger charge is 2.79. The van der Waals surface area contributed by atoms with E-state index >= 15 is 0 Å². The van der Waals surface area contributed by atoms with Crippen molar-refractivity contribution in [3.8, 4) is 0 Å². The van der Waals surface area contributed by atoms with Crippen LogP contribution in [0.1, 0.15) is 33.6 Å². The highest BCUT2D eigenvalue weighted by Crippen LogP contribution is 2.68. The number of carboxylic acids is 1. The molecule has 0 radical (unpaired) electrons. The number of alkyl halides is 2. The molecule has 1 heterocycles. The molecule has 1 aliphatic carbocycles. The molecule has 1 spiro atoms. The van der Waals surface area contributed by atoms with Gasteiger partial charge in [-0.1, -0.05) is 0 Å². The summed E-state index contributed by atoms with van der Waals surface area (Å²) >= 11 is 0. The van der Waals surface area contributed by atoms with E-state index in [1.807, 2.05) is 0 Å². The van der Waals surface area contributed by atoms with Crippen LogP contribution in [0.3, 0.4) is 0 Å². The van der Waals surface area contributed by atoms with E-state index in [9.17, 15) is 18.4 Å². The van der Waals surface area contributed by atoms with Crippen molar-refractivity contribution in [3.63, 3.8) is 0 Å². The third-order valence-electron chi connectivity index (χ3n) is 3.64. The molecular formula is C12H17F2NO4. The molecule has 7 heteroatoms. The number of aliphatic carboxylic acids is 1. The molecule has 0 aromatic rings. The number of carboxylic acid groups (broad SMARTS) is 1. The van der Waals surface area contributed by atoms with Gasteiger partial charge in [0.1, 0.15) is 11.6 Å². The molecule has 0 aromatic heterocycles. The first-order valence-corrected chi connectivity index (χ1v) is 6.10. The Hall–Kier alpha value is -1.40. The lowest BCUT2D eigenvalue weighted by Crippen LogP contribution is -2.47. The molecule has 2 rings (SSSR count). The molecule has 2 fully saturated rings. The van der Waals surface area contributed by atoms with Crippen LogP contribution in [0.15, 0.2) is 0 Å². The Morgan fingerprint density at radius 3 is 2.26 bits per heavy atom. The van der Waals surface area contributed by atoms with E-state index in [1.54, 1.807) is 20.8 Å². The second-order valence-electron chi connectivity index (χ2n) is 6.20. The van der Waals surface area contributed by atoms with Crippen LogP contribution in [0.4, 0.5) is 13.6 Å². The van der Waals surface area contributed by atoms with Crippen molar-refractivity contribution in [3.05, 3.63) is 0 Å². The van der Waals surface area contributed by atoms with Crippen LogP contribution < -0.4 is 0 Å². The second kappa shape index (κ2) is 3.80. The van der Waals surface area contributed by atoms with E-state index in [-0.39, 0.29) is 13.0 Å². The average molecular weight is 277 g/mol. The maximum absolute atomic E-state index is 13.4. The minimum absolute atomic E-state index is 0.00376. The summed E-state index contributed by atoms with van der Waals surface area (Å²) in [5.74, 6) is -4.41. The predicted molar refractivity (Wildman–Crippen MR) is 61.0 cm³/mol. The predicted octanol–water partition coefficient (Wildman–Crippen LogP) is 2.11. The summed E-state index contributed by atoms with van der Waals surface area (Å²) in [7, 11) is 0. The van der Waals surface area contributed by atoms with Gasteiger partial charge in [-0.15, -0.1) is 0 Å². The molecule has 19 heavy (non-hydrogen) atoms. The van der Waals surface area contributed by atoms with Crippen molar-refractivity contribution in [2.75, 3.05) is 6.54 Å². The Kier molecular flexibility index (Phi) is 2.80. The Morgan fingerprint density at radius 1 is 1.37 bits per heavy atom. The van der Waals surface area contributed by atoms with Crippen molar-refractivity contribution in [2.45, 2.75) is 51.2 Å². The first kappa shape index (κ1) is 14.0. The zero-order chi connectivity index (χ0) is 14.6. The normalized spacial score (nSPS) is 32.5. The SMILES string of the molecule is CC(C)(C)OC(=O)N1CC[C@]2(CC2(F)F)[C@H]1C(=O)O. The number of amides is 1. The summed E-state index contributed by atoms with van der Waals surface area (Å²) in [4.78, 5) is 24.1. The first-order chi connectivity index (χ1) is 8.50. The lowest BCUT2D eigenvalue weighted by molar-refractivity contribution is -0.145. The number of ether oxygens (including phenoxy) is 1. The lowest BCUT2D eigenvalue weighted by atomic mass is 9.96. The topological polar surface area (TPSA) is 66.8 Å². The highest BCUT2D eigenvalue weighted by atomic mass is 19.3. The number of carbonyl (C=O) groups is 2. The van der Waals surface area contributed by atoms with Gasteiger partial charge in [-0.2, -0.15) is 0 Å². The third kappa shape index (κ3) is 2.15. The second-order valence-corrected chi connectivity index (χ2v) is 6.20. The van der Waals surface area contributed by atoms with Gasteiger partial charge in [-0.05, 0) is 27.2 Å². The third-order valence-corrected chi connectivity index (χ3v) is 3.64. The molecule has 108 valence electrons. The summed E-state index contributed by atoms with van der Waals surface area (Å²) in [6.07, 6.45) is -1.33. The molecule has 0 bridgehead atoms. The Bertz CT molecular complexity index is 432. The highest BCUT2D eigenvalue weighted by molar-refractivity contribution is 5.83. The smallest absolute Gasteiger partial charge is 0.411 e. The van der Waals surface area contributed by atoms with E-state index < -0.39 is 41.5 Å². The Balaban J connectivity index is 2.20. The monoisotopic (exact) mass is 277 g/mol. The fraction of sp³-hybridized carbons (Fsp3) is 0.833. The van der Waals surface area contributed by atoms with E-state index in [4.69, 9.17) is 9.84 Å². The van der Waals surface area contributed by atoms with E-state index in [0.29, 0.717) is 0 Å². The van der Waals surface area contributed by atoms with E-state index in [0.717, 1.165) is 4.90 Å². The van der Waals surface area contributed by atoms with Crippen LogP contribution in [-0.2, 0) is 9.53 Å². The average Bonchev–Trinajstić information content (AvgIpc) is 2.58. The number of likely N-dealkylation sites (tertiary alicyclic amines) is 1. The quantitative estimate of drug-likeness (QED) is 0.797. The number of hydrogen-bond acceptors (Lipinski definition) is 3. The molecular weight excluding hydrogens is 260 g/mol. The summed E-state index contributed by atoms with van der Waals surface area (Å²) in [5.41, 5.74) is -2.39. The number of nitrogens with zero attached hydrogens (tertiary/aromatic N) is 1. The van der Waals surface area contributed by atoms with Crippen LogP contribution in [0.25, 0.3) is 0 Å². The Morgan fingerprint density at radius 2 is 1.89 bits per heavy atom. The summed E-state index contributed by atoms with van der Waals surface area (Å²) in [6.45, 7) is 4.90. The zero-order valence-electron chi connectivity index (χ0n) is 11.1. The molecule has 5 nitrogen and oxygen atoms in total. The number of hydrogen-bond donors (Lipinski definition) is 1. The van der Waals surface area contributed by atoms with Crippen molar-refractivity contribution >= 4 is 12.1 Å². The molecule has 1 N–H and O–H groups in total. The molecule has 1 saturated heterocycles. The lowest BCUT2D eigenvalue weighted by Gasteiger charge is -2.28. The van der Waals surface area contributed by atoms with Gasteiger partial charge in [0.15, 0.2) is 0 Å². The molecule has 0 unspecified atom stereocenters. The van der Waals surface area contributed by atoms with Crippen molar-refractivity contribution in [1.82, 2.24) is 4.90 Å². The maximum Gasteiger partial charge on any atom is 0.411 e. The minimum atomic E-state index is -3.01. The fourth-order valence-electron chi connectivity index (χ4n) is 2.69. The molecule has 2 atom stereocenters. The Labute approximate surface area is 109 Å². The summed E-state index contributed by atoms with van der Waals surface area (Å²) < 4.78 is 31.9. The van der Waals surface area contributed by atoms with Crippen molar-refractivity contribution < 1.29 is 28.2 Å². The molecule has 1 aliphatic heterocycles. The van der Waals surface area contributed by atoms with E-state index in [1.165, 1.54) is 0 Å². The van der Waals surface area contributed by atoms with Gasteiger partial charge in [0.2, 0.25) is 0 Å². The minimum Gasteiger partial charge on any atom is -0.480 e. The number of rotatable bonds is 1. The van der Waals surface area contributed by atoms with Gasteiger partial charge in [0, 0.05) is 13.0 Å². The molecule has 1 amide bonds. The van der Waals surface area contributed by atoms with Crippen LogP contribution in [-0.4, -0.2) is 46.2 Å². The zero-order valence-corrected chi connectivity index (χ0v) is 11.1. The summed E-state index contributed by atoms with van der Waals surface area (Å²) in [6, 6.07) is -1.50. The number of halogens is 2. The molecule has 2 aliphatic rings. The van der Waals surface area contributed by atoms with Crippen LogP contribution in [0.5, 0.6) is 0 Å². The molecule has 1 saturated carbocycles. The van der Waals surface area contributed by atoms with Gasteiger partial charge in [0.05, 0.1) is 5.41 Å². The standard InChI is InChI=1S/C12H17F2NO4/c1-10(2,3)19-9(18)15-5-4-11(6-12(11,13)14)7(15)8(16)17/h7H,4-6H2,1-3H3,(H,16,17)/t7-,11+/m1/s1. The largest absolute Gasteiger partial charge is 0.480 e. The van der Waals surface area contributed by atoms with E-state index in [2.05, 4.69) is 0 Å². The van der Waals surface area contributed by atoms with Gasteiger partial charge in [-0.25, -0.2) is 18.4 Å². The first-order valence-electron chi connectivity index (χ1n) is 6.10. The summed E-state index contributed by atoms with van der Waals surface area (Å²) in [5, 5.41) is 9.16. The van der Waals surface area contributed by atoms with Gasteiger partial charge < -0.3 is 9.84 Å². The van der Waals surface area contributed by atoms with Gasteiger partial charge >= 0.3 is 12.1 Å².